The zero-order valence-electron chi connectivity index (χ0n) is 10.3. The number of hydrogen-bond donors (Lipinski definition) is 3. The summed E-state index contributed by atoms with van der Waals surface area (Å²) in [5.41, 5.74) is 7.02. The van der Waals surface area contributed by atoms with Gasteiger partial charge in [-0.15, -0.1) is 0 Å². The lowest BCUT2D eigenvalue weighted by molar-refractivity contribution is 0.189. The number of β-amino-alcohol motifs (C(OH)–C–C–N with tert-alkyl or cyclic N) is 1. The van der Waals surface area contributed by atoms with Crippen LogP contribution < -0.4 is 10.6 Å². The zero-order valence-corrected chi connectivity index (χ0v) is 10.3. The van der Waals surface area contributed by atoms with E-state index in [-0.39, 0.29) is 12.4 Å². The van der Waals surface area contributed by atoms with E-state index in [0.717, 1.165) is 38.4 Å². The first-order valence-corrected chi connectivity index (χ1v) is 6.10. The van der Waals surface area contributed by atoms with Crippen molar-refractivity contribution in [3.63, 3.8) is 0 Å². The molecule has 0 saturated carbocycles. The topological polar surface area (TPSA) is 89.5 Å². The minimum absolute atomic E-state index is 0.00314. The van der Waals surface area contributed by atoms with Crippen LogP contribution in [-0.2, 0) is 0 Å². The number of aliphatic hydroxyl groups is 1. The highest BCUT2D eigenvalue weighted by molar-refractivity contribution is 5.98. The third-order valence-corrected chi connectivity index (χ3v) is 3.17. The van der Waals surface area contributed by atoms with Crippen LogP contribution in [0.3, 0.4) is 0 Å². The highest BCUT2D eigenvalue weighted by Gasteiger charge is 2.19. The minimum Gasteiger partial charge on any atom is -0.395 e. The van der Waals surface area contributed by atoms with Crippen LogP contribution in [0.1, 0.15) is 5.69 Å². The van der Waals surface area contributed by atoms with Crippen LogP contribution in [0.2, 0.25) is 0 Å². The number of aliphatic hydroxyl groups excluding tert-OH is 1. The Morgan fingerprint density at radius 1 is 1.39 bits per heavy atom. The minimum atomic E-state index is 0.00314. The number of anilines is 1. The molecule has 1 aliphatic rings. The number of rotatable bonds is 4. The maximum atomic E-state index is 8.91. The lowest BCUT2D eigenvalue weighted by atomic mass is 10.2. The molecule has 0 aromatic carbocycles. The molecule has 1 aromatic rings. The lowest BCUT2D eigenvalue weighted by Crippen LogP contribution is -2.47. The van der Waals surface area contributed by atoms with Crippen LogP contribution in [0.15, 0.2) is 18.3 Å². The fraction of sp³-hybridized carbons (Fsp3) is 0.500. The molecule has 0 radical (unpaired) electrons. The first kappa shape index (κ1) is 12.8. The van der Waals surface area contributed by atoms with Gasteiger partial charge in [-0.25, -0.2) is 0 Å². The Balaban J connectivity index is 2.07. The molecule has 6 heteroatoms. The molecular weight excluding hydrogens is 230 g/mol. The number of piperazine rings is 1. The molecule has 1 fully saturated rings. The SMILES string of the molecule is N=C(N)c1ncccc1N1CCN(CCO)CC1. The summed E-state index contributed by atoms with van der Waals surface area (Å²) in [5, 5.41) is 16.5. The number of hydrogen-bond acceptors (Lipinski definition) is 5. The van der Waals surface area contributed by atoms with Gasteiger partial charge in [-0.3, -0.25) is 15.3 Å². The second-order valence-electron chi connectivity index (χ2n) is 4.34. The first-order valence-electron chi connectivity index (χ1n) is 6.10. The van der Waals surface area contributed by atoms with Crippen molar-refractivity contribution in [1.29, 1.82) is 5.41 Å². The monoisotopic (exact) mass is 249 g/mol. The fourth-order valence-electron chi connectivity index (χ4n) is 2.21. The van der Waals surface area contributed by atoms with Crippen LogP contribution in [-0.4, -0.2) is 60.2 Å². The van der Waals surface area contributed by atoms with Crippen molar-refractivity contribution in [1.82, 2.24) is 9.88 Å². The molecule has 0 atom stereocenters. The Hall–Kier alpha value is -1.66. The molecule has 1 saturated heterocycles. The molecule has 0 bridgehead atoms. The number of aromatic nitrogens is 1. The van der Waals surface area contributed by atoms with Gasteiger partial charge < -0.3 is 15.7 Å². The molecule has 0 amide bonds. The third-order valence-electron chi connectivity index (χ3n) is 3.17. The lowest BCUT2D eigenvalue weighted by Gasteiger charge is -2.36. The average molecular weight is 249 g/mol. The fourth-order valence-corrected chi connectivity index (χ4v) is 2.21. The van der Waals surface area contributed by atoms with E-state index < -0.39 is 0 Å². The van der Waals surface area contributed by atoms with E-state index >= 15 is 0 Å². The summed E-state index contributed by atoms with van der Waals surface area (Å²) in [6, 6.07) is 3.81. The Kier molecular flexibility index (Phi) is 4.11. The van der Waals surface area contributed by atoms with Gasteiger partial charge in [0.1, 0.15) is 11.5 Å². The van der Waals surface area contributed by atoms with Crippen molar-refractivity contribution >= 4 is 11.5 Å². The van der Waals surface area contributed by atoms with Crippen molar-refractivity contribution < 1.29 is 5.11 Å². The maximum Gasteiger partial charge on any atom is 0.143 e. The molecule has 0 aliphatic carbocycles. The summed E-state index contributed by atoms with van der Waals surface area (Å²) in [6.07, 6.45) is 1.66. The van der Waals surface area contributed by atoms with Gasteiger partial charge in [0, 0.05) is 38.9 Å². The van der Waals surface area contributed by atoms with Gasteiger partial charge in [0.05, 0.1) is 12.3 Å². The van der Waals surface area contributed by atoms with Crippen LogP contribution in [0.25, 0.3) is 0 Å². The van der Waals surface area contributed by atoms with E-state index in [1.807, 2.05) is 12.1 Å². The Bertz CT molecular complexity index is 415. The molecule has 18 heavy (non-hydrogen) atoms. The van der Waals surface area contributed by atoms with Crippen molar-refractivity contribution in [3.05, 3.63) is 24.0 Å². The molecule has 98 valence electrons. The van der Waals surface area contributed by atoms with Gasteiger partial charge in [0.2, 0.25) is 0 Å². The largest absolute Gasteiger partial charge is 0.395 e. The summed E-state index contributed by atoms with van der Waals surface area (Å²) >= 11 is 0. The number of pyridine rings is 1. The second-order valence-corrected chi connectivity index (χ2v) is 4.34. The van der Waals surface area contributed by atoms with Gasteiger partial charge in [0.25, 0.3) is 0 Å². The second kappa shape index (κ2) is 5.79. The van der Waals surface area contributed by atoms with E-state index in [2.05, 4.69) is 14.8 Å². The van der Waals surface area contributed by atoms with Crippen molar-refractivity contribution in [2.45, 2.75) is 0 Å². The molecule has 0 spiro atoms. The quantitative estimate of drug-likeness (QED) is 0.493. The standard InChI is InChI=1S/C12H19N5O/c13-12(14)11-10(2-1-3-15-11)17-6-4-16(5-7-17)8-9-18/h1-3,18H,4-9H2,(H3,13,14). The number of amidine groups is 1. The summed E-state index contributed by atoms with van der Waals surface area (Å²) in [7, 11) is 0. The number of nitrogens with zero attached hydrogens (tertiary/aromatic N) is 3. The van der Waals surface area contributed by atoms with E-state index in [1.165, 1.54) is 0 Å². The summed E-state index contributed by atoms with van der Waals surface area (Å²) in [6.45, 7) is 4.48. The molecule has 2 rings (SSSR count). The highest BCUT2D eigenvalue weighted by Crippen LogP contribution is 2.19. The predicted octanol–water partition coefficient (Wildman–Crippen LogP) is -0.520. The molecule has 1 aliphatic heterocycles. The number of nitrogens with two attached hydrogens (primary N) is 1. The molecular formula is C12H19N5O. The normalized spacial score (nSPS) is 16.8. The first-order chi connectivity index (χ1) is 8.72. The molecule has 4 N–H and O–H groups in total. The van der Waals surface area contributed by atoms with Crippen molar-refractivity contribution in [2.75, 3.05) is 44.2 Å². The summed E-state index contributed by atoms with van der Waals surface area (Å²) < 4.78 is 0. The van der Waals surface area contributed by atoms with E-state index in [0.29, 0.717) is 5.69 Å². The molecule has 1 aromatic heterocycles. The third kappa shape index (κ3) is 2.77. The predicted molar refractivity (Wildman–Crippen MR) is 71.0 cm³/mol. The molecule has 6 nitrogen and oxygen atoms in total. The average Bonchev–Trinajstić information content (AvgIpc) is 2.40. The van der Waals surface area contributed by atoms with E-state index in [4.69, 9.17) is 16.2 Å². The van der Waals surface area contributed by atoms with Gasteiger partial charge in [-0.1, -0.05) is 0 Å². The van der Waals surface area contributed by atoms with Crippen molar-refractivity contribution in [2.24, 2.45) is 5.73 Å². The smallest absolute Gasteiger partial charge is 0.143 e. The molecule has 0 unspecified atom stereocenters. The Labute approximate surface area is 107 Å². The summed E-state index contributed by atoms with van der Waals surface area (Å²) in [5.74, 6) is 0.00314. The molecule has 2 heterocycles. The van der Waals surface area contributed by atoms with Crippen LogP contribution >= 0.6 is 0 Å². The Morgan fingerprint density at radius 3 is 2.72 bits per heavy atom. The van der Waals surface area contributed by atoms with Gasteiger partial charge in [-0.05, 0) is 12.1 Å². The van der Waals surface area contributed by atoms with Crippen LogP contribution in [0.5, 0.6) is 0 Å². The van der Waals surface area contributed by atoms with E-state index in [1.54, 1.807) is 6.20 Å². The van der Waals surface area contributed by atoms with Gasteiger partial charge in [-0.2, -0.15) is 0 Å². The number of nitrogen functional groups attached to an aromatic ring is 1. The van der Waals surface area contributed by atoms with Crippen molar-refractivity contribution in [3.8, 4) is 0 Å². The van der Waals surface area contributed by atoms with E-state index in [9.17, 15) is 0 Å². The summed E-state index contributed by atoms with van der Waals surface area (Å²) in [4.78, 5) is 8.58. The van der Waals surface area contributed by atoms with Gasteiger partial charge in [0.15, 0.2) is 0 Å². The van der Waals surface area contributed by atoms with Crippen LogP contribution in [0, 0.1) is 5.41 Å². The van der Waals surface area contributed by atoms with Gasteiger partial charge >= 0.3 is 0 Å². The highest BCUT2D eigenvalue weighted by atomic mass is 16.3. The number of nitrogens with one attached hydrogen (secondary N) is 1. The Morgan fingerprint density at radius 2 is 2.11 bits per heavy atom. The zero-order chi connectivity index (χ0) is 13.0. The van der Waals surface area contributed by atoms with Crippen LogP contribution in [0.4, 0.5) is 5.69 Å². The maximum absolute atomic E-state index is 8.91.